The van der Waals surface area contributed by atoms with Crippen LogP contribution in [0.1, 0.15) is 125 Å². The molecule has 238 valence electrons. The predicted octanol–water partition coefficient (Wildman–Crippen LogP) is 8.99. The van der Waals surface area contributed by atoms with Crippen LogP contribution < -0.4 is 0 Å². The number of aromatic hydroxyl groups is 1. The second-order valence-corrected chi connectivity index (χ2v) is 21.2. The smallest absolute Gasteiger partial charge is 0.267 e. The Morgan fingerprint density at radius 3 is 1.24 bits per heavy atom. The average molecular weight is 639 g/mol. The van der Waals surface area contributed by atoms with Gasteiger partial charge in [-0.15, -0.1) is 23.5 Å². The summed E-state index contributed by atoms with van der Waals surface area (Å²) in [5.74, 6) is -0.318. The largest absolute Gasteiger partial charge is 0.507 e. The SMILES string of the molecule is CC(C)(Sc1cc(C(C)(C)C)c(O)c(C(C)(C)C)c1)Sc1cc(C(C)(C)C)c(CC(O)CS(=O)(=O)O)c(C(C)(C)C)c1. The summed E-state index contributed by atoms with van der Waals surface area (Å²) in [6, 6.07) is 8.60. The molecule has 0 saturated heterocycles. The molecule has 1 unspecified atom stereocenters. The van der Waals surface area contributed by atoms with E-state index in [0.717, 1.165) is 37.6 Å². The number of aliphatic hydroxyl groups excluding tert-OH is 1. The lowest BCUT2D eigenvalue weighted by Gasteiger charge is -2.33. The van der Waals surface area contributed by atoms with Gasteiger partial charge in [0, 0.05) is 27.3 Å². The van der Waals surface area contributed by atoms with Gasteiger partial charge in [-0.05, 0) is 76.5 Å². The van der Waals surface area contributed by atoms with Gasteiger partial charge in [-0.2, -0.15) is 8.42 Å². The van der Waals surface area contributed by atoms with Crippen molar-refractivity contribution in [2.24, 2.45) is 0 Å². The van der Waals surface area contributed by atoms with Gasteiger partial charge in [0.15, 0.2) is 0 Å². The molecule has 0 fully saturated rings. The normalized spacial score (nSPS) is 14.8. The lowest BCUT2D eigenvalue weighted by molar-refractivity contribution is 0.194. The highest BCUT2D eigenvalue weighted by Gasteiger charge is 2.32. The third-order valence-corrected chi connectivity index (χ3v) is 10.3. The Balaban J connectivity index is 2.64. The Labute approximate surface area is 264 Å². The third kappa shape index (κ3) is 10.2. The first-order valence-electron chi connectivity index (χ1n) is 14.6. The van der Waals surface area contributed by atoms with Crippen LogP contribution in [0.15, 0.2) is 34.1 Å². The van der Waals surface area contributed by atoms with Crippen molar-refractivity contribution in [1.82, 2.24) is 0 Å². The van der Waals surface area contributed by atoms with Gasteiger partial charge in [-0.25, -0.2) is 0 Å². The van der Waals surface area contributed by atoms with Gasteiger partial charge in [0.2, 0.25) is 0 Å². The quantitative estimate of drug-likeness (QED) is 0.151. The molecule has 0 heterocycles. The Bertz CT molecular complexity index is 1310. The zero-order valence-corrected chi connectivity index (χ0v) is 30.6. The number of hydrogen-bond donors (Lipinski definition) is 3. The minimum absolute atomic E-state index is 0.140. The summed E-state index contributed by atoms with van der Waals surface area (Å²) < 4.78 is 32.1. The number of thioether (sulfide) groups is 2. The average Bonchev–Trinajstić information content (AvgIpc) is 2.70. The van der Waals surface area contributed by atoms with Gasteiger partial charge >= 0.3 is 0 Å². The van der Waals surface area contributed by atoms with E-state index in [0.29, 0.717) is 5.75 Å². The fourth-order valence-electron chi connectivity index (χ4n) is 5.20. The Hall–Kier alpha value is -1.19. The first-order valence-corrected chi connectivity index (χ1v) is 17.8. The van der Waals surface area contributed by atoms with E-state index in [4.69, 9.17) is 0 Å². The highest BCUT2D eigenvalue weighted by molar-refractivity contribution is 8.18. The summed E-state index contributed by atoms with van der Waals surface area (Å²) in [6.45, 7) is 29.9. The summed E-state index contributed by atoms with van der Waals surface area (Å²) in [6.07, 6.45) is -1.07. The second kappa shape index (κ2) is 12.3. The molecular formula is C34H54O5S3. The zero-order valence-electron chi connectivity index (χ0n) is 28.2. The van der Waals surface area contributed by atoms with E-state index in [9.17, 15) is 23.2 Å². The molecule has 1 atom stereocenters. The number of benzene rings is 2. The first kappa shape index (κ1) is 37.0. The van der Waals surface area contributed by atoms with Crippen LogP contribution in [0.4, 0.5) is 0 Å². The number of rotatable bonds is 8. The summed E-state index contributed by atoms with van der Waals surface area (Å²) in [4.78, 5) is 2.21. The van der Waals surface area contributed by atoms with Gasteiger partial charge in [0.1, 0.15) is 11.5 Å². The third-order valence-electron chi connectivity index (χ3n) is 7.11. The highest BCUT2D eigenvalue weighted by atomic mass is 32.2. The Morgan fingerprint density at radius 1 is 0.643 bits per heavy atom. The van der Waals surface area contributed by atoms with E-state index in [2.05, 4.69) is 121 Å². The van der Waals surface area contributed by atoms with Gasteiger partial charge in [0.25, 0.3) is 10.1 Å². The first-order chi connectivity index (χ1) is 18.5. The molecule has 8 heteroatoms. The molecule has 0 aliphatic rings. The number of hydrogen-bond acceptors (Lipinski definition) is 6. The van der Waals surface area contributed by atoms with Crippen LogP contribution in [0.5, 0.6) is 5.75 Å². The zero-order chi connectivity index (χ0) is 32.9. The molecule has 2 aromatic rings. The molecule has 2 aromatic carbocycles. The Morgan fingerprint density at radius 2 is 0.952 bits per heavy atom. The second-order valence-electron chi connectivity index (χ2n) is 16.1. The van der Waals surface area contributed by atoms with E-state index in [1.165, 1.54) is 0 Å². The molecule has 0 aliphatic heterocycles. The van der Waals surface area contributed by atoms with Gasteiger partial charge < -0.3 is 10.2 Å². The molecule has 0 aromatic heterocycles. The minimum atomic E-state index is -4.30. The van der Waals surface area contributed by atoms with E-state index in [1.807, 2.05) is 0 Å². The molecule has 0 bridgehead atoms. The van der Waals surface area contributed by atoms with Crippen LogP contribution in [-0.2, 0) is 38.2 Å². The Kier molecular flexibility index (Phi) is 10.8. The maximum atomic E-state index is 11.5. The van der Waals surface area contributed by atoms with E-state index in [1.54, 1.807) is 23.5 Å². The maximum absolute atomic E-state index is 11.5. The van der Waals surface area contributed by atoms with Crippen molar-refractivity contribution < 1.29 is 23.2 Å². The van der Waals surface area contributed by atoms with Crippen LogP contribution in [0.25, 0.3) is 0 Å². The summed E-state index contributed by atoms with van der Waals surface area (Å²) in [7, 11) is -4.30. The van der Waals surface area contributed by atoms with Crippen LogP contribution in [-0.4, -0.2) is 39.1 Å². The van der Waals surface area contributed by atoms with Crippen molar-refractivity contribution in [1.29, 1.82) is 0 Å². The van der Waals surface area contributed by atoms with Crippen LogP contribution in [0.3, 0.4) is 0 Å². The maximum Gasteiger partial charge on any atom is 0.267 e. The molecule has 2 rings (SSSR count). The summed E-state index contributed by atoms with van der Waals surface area (Å²) in [5.41, 5.74) is 3.98. The topological polar surface area (TPSA) is 94.8 Å². The monoisotopic (exact) mass is 638 g/mol. The molecule has 0 spiro atoms. The highest BCUT2D eigenvalue weighted by Crippen LogP contribution is 2.50. The van der Waals surface area contributed by atoms with Crippen molar-refractivity contribution in [2.45, 2.75) is 145 Å². The molecular weight excluding hydrogens is 585 g/mol. The molecule has 5 nitrogen and oxygen atoms in total. The van der Waals surface area contributed by atoms with E-state index >= 15 is 0 Å². The number of phenols is 1. The lowest BCUT2D eigenvalue weighted by Crippen LogP contribution is -2.28. The molecule has 42 heavy (non-hydrogen) atoms. The number of phenolic OH excluding ortho intramolecular Hbond substituents is 1. The fraction of sp³-hybridized carbons (Fsp3) is 0.647. The van der Waals surface area contributed by atoms with Gasteiger partial charge in [0.05, 0.1) is 10.2 Å². The van der Waals surface area contributed by atoms with E-state index in [-0.39, 0.29) is 32.2 Å². The fourth-order valence-corrected chi connectivity index (χ4v) is 8.39. The summed E-state index contributed by atoms with van der Waals surface area (Å²) in [5, 5.41) is 21.9. The molecule has 0 saturated carbocycles. The van der Waals surface area contributed by atoms with Crippen molar-refractivity contribution in [3.8, 4) is 5.75 Å². The van der Waals surface area contributed by atoms with Crippen LogP contribution in [0.2, 0.25) is 0 Å². The van der Waals surface area contributed by atoms with Crippen molar-refractivity contribution in [3.05, 3.63) is 52.1 Å². The lowest BCUT2D eigenvalue weighted by atomic mass is 9.75. The van der Waals surface area contributed by atoms with Crippen molar-refractivity contribution in [3.63, 3.8) is 0 Å². The van der Waals surface area contributed by atoms with Crippen molar-refractivity contribution in [2.75, 3.05) is 5.75 Å². The number of aliphatic hydroxyl groups is 1. The molecule has 0 amide bonds. The van der Waals surface area contributed by atoms with Crippen molar-refractivity contribution >= 4 is 33.6 Å². The summed E-state index contributed by atoms with van der Waals surface area (Å²) >= 11 is 3.55. The predicted molar refractivity (Wildman–Crippen MR) is 181 cm³/mol. The standard InChI is InChI=1S/C34H54O5S3/c1-30(2,3)25-16-22(17-26(31(4,5)6)24(25)15-21(35)20-42(37,38)39)40-34(13,14)41-23-18-27(32(7,8)9)29(36)28(19-23)33(10,11)12/h16-19,21,35-36H,15,20H2,1-14H3,(H,37,38,39). The molecule has 0 radical (unpaired) electrons. The molecule has 0 aliphatic carbocycles. The van der Waals surface area contributed by atoms with Crippen LogP contribution in [0, 0.1) is 0 Å². The van der Waals surface area contributed by atoms with Gasteiger partial charge in [-0.1, -0.05) is 83.1 Å². The van der Waals surface area contributed by atoms with Gasteiger partial charge in [-0.3, -0.25) is 4.55 Å². The minimum Gasteiger partial charge on any atom is -0.507 e. The van der Waals surface area contributed by atoms with E-state index < -0.39 is 22.0 Å². The van der Waals surface area contributed by atoms with Crippen LogP contribution >= 0.6 is 23.5 Å². The molecule has 3 N–H and O–H groups in total.